The molecule has 0 amide bonds. The van der Waals surface area contributed by atoms with Crippen LogP contribution in [-0.2, 0) is 17.6 Å². The van der Waals surface area contributed by atoms with Gasteiger partial charge in [-0.1, -0.05) is 30.3 Å². The third-order valence-electron chi connectivity index (χ3n) is 3.05. The van der Waals surface area contributed by atoms with Crippen molar-refractivity contribution in [3.05, 3.63) is 53.6 Å². The third kappa shape index (κ3) is 3.66. The van der Waals surface area contributed by atoms with Crippen molar-refractivity contribution >= 4 is 5.97 Å². The molecule has 106 valence electrons. The Hall–Kier alpha value is -2.18. The number of H-pyrrole nitrogens is 1. The largest absolute Gasteiger partial charge is 0.480 e. The first-order valence-electron chi connectivity index (χ1n) is 6.38. The van der Waals surface area contributed by atoms with E-state index in [1.807, 2.05) is 30.3 Å². The van der Waals surface area contributed by atoms with E-state index in [9.17, 15) is 4.79 Å². The smallest absolute Gasteiger partial charge is 0.320 e. The van der Waals surface area contributed by atoms with Crippen LogP contribution in [0.15, 0.2) is 36.5 Å². The second kappa shape index (κ2) is 6.31. The molecule has 20 heavy (non-hydrogen) atoms. The lowest BCUT2D eigenvalue weighted by Gasteiger charge is -2.09. The lowest BCUT2D eigenvalue weighted by Crippen LogP contribution is -2.32. The quantitative estimate of drug-likeness (QED) is 0.615. The Morgan fingerprint density at radius 2 is 1.95 bits per heavy atom. The fraction of sp³-hybridized carbons (Fsp3) is 0.286. The van der Waals surface area contributed by atoms with Gasteiger partial charge in [-0.05, 0) is 12.0 Å². The molecule has 1 aromatic carbocycles. The summed E-state index contributed by atoms with van der Waals surface area (Å²) in [6.07, 6.45) is 2.46. The lowest BCUT2D eigenvalue weighted by molar-refractivity contribution is -0.138. The minimum Gasteiger partial charge on any atom is -0.480 e. The number of hydrogen-bond donors (Lipinski definition) is 4. The summed E-state index contributed by atoms with van der Waals surface area (Å²) >= 11 is 0. The molecule has 1 heterocycles. The molecule has 6 heteroatoms. The van der Waals surface area contributed by atoms with Crippen LogP contribution in [0.1, 0.15) is 23.1 Å². The van der Waals surface area contributed by atoms with Crippen molar-refractivity contribution in [3.8, 4) is 0 Å². The molecule has 0 aliphatic rings. The Kier molecular flexibility index (Phi) is 4.49. The van der Waals surface area contributed by atoms with Crippen LogP contribution >= 0.6 is 0 Å². The Labute approximate surface area is 116 Å². The number of nitrogens with two attached hydrogens (primary N) is 2. The summed E-state index contributed by atoms with van der Waals surface area (Å²) in [4.78, 5) is 17.9. The number of imidazole rings is 1. The summed E-state index contributed by atoms with van der Waals surface area (Å²) in [5.74, 6) is -0.392. The van der Waals surface area contributed by atoms with Gasteiger partial charge in [-0.3, -0.25) is 4.79 Å². The number of carboxylic acid groups (broad SMARTS) is 1. The number of nitrogens with zero attached hydrogens (tertiary/aromatic N) is 1. The van der Waals surface area contributed by atoms with Crippen molar-refractivity contribution in [2.45, 2.75) is 24.9 Å². The molecule has 0 saturated carbocycles. The molecule has 0 aliphatic heterocycles. The van der Waals surface area contributed by atoms with Crippen molar-refractivity contribution in [1.82, 2.24) is 9.97 Å². The van der Waals surface area contributed by atoms with Gasteiger partial charge >= 0.3 is 5.97 Å². The second-order valence-corrected chi connectivity index (χ2v) is 4.74. The summed E-state index contributed by atoms with van der Waals surface area (Å²) in [6, 6.07) is 8.69. The fourth-order valence-electron chi connectivity index (χ4n) is 1.96. The minimum atomic E-state index is -1.03. The summed E-state index contributed by atoms with van der Waals surface area (Å²) in [6.45, 7) is 0. The number of aromatic amines is 1. The molecular weight excluding hydrogens is 256 g/mol. The van der Waals surface area contributed by atoms with E-state index in [1.165, 1.54) is 0 Å². The predicted molar refractivity (Wildman–Crippen MR) is 75.0 cm³/mol. The van der Waals surface area contributed by atoms with E-state index in [0.29, 0.717) is 17.9 Å². The monoisotopic (exact) mass is 274 g/mol. The Balaban J connectivity index is 1.99. The number of aromatic nitrogens is 2. The third-order valence-corrected chi connectivity index (χ3v) is 3.05. The number of benzene rings is 1. The molecule has 2 unspecified atom stereocenters. The van der Waals surface area contributed by atoms with Gasteiger partial charge in [0, 0.05) is 18.3 Å². The first-order valence-corrected chi connectivity index (χ1v) is 6.38. The number of aliphatic carboxylic acids is 1. The number of nitrogens with one attached hydrogen (secondary N) is 1. The summed E-state index contributed by atoms with van der Waals surface area (Å²) < 4.78 is 0. The van der Waals surface area contributed by atoms with Crippen molar-refractivity contribution in [3.63, 3.8) is 0 Å². The highest BCUT2D eigenvalue weighted by atomic mass is 16.4. The van der Waals surface area contributed by atoms with Crippen LogP contribution in [-0.4, -0.2) is 27.1 Å². The van der Waals surface area contributed by atoms with Crippen LogP contribution in [0.4, 0.5) is 0 Å². The highest BCUT2D eigenvalue weighted by Gasteiger charge is 2.16. The molecule has 2 atom stereocenters. The molecule has 0 aliphatic carbocycles. The molecule has 0 saturated heterocycles. The van der Waals surface area contributed by atoms with Crippen molar-refractivity contribution in [1.29, 1.82) is 0 Å². The first-order chi connectivity index (χ1) is 9.56. The molecular formula is C14H18N4O2. The summed E-state index contributed by atoms with van der Waals surface area (Å²) in [7, 11) is 0. The normalized spacial score (nSPS) is 13.9. The number of rotatable bonds is 6. The molecule has 2 aromatic rings. The van der Waals surface area contributed by atoms with Crippen LogP contribution < -0.4 is 11.5 Å². The van der Waals surface area contributed by atoms with Crippen LogP contribution in [0.5, 0.6) is 0 Å². The van der Waals surface area contributed by atoms with Gasteiger partial charge in [0.25, 0.3) is 0 Å². The van der Waals surface area contributed by atoms with E-state index < -0.39 is 12.0 Å². The van der Waals surface area contributed by atoms with Crippen LogP contribution in [0.3, 0.4) is 0 Å². The zero-order valence-electron chi connectivity index (χ0n) is 11.0. The Morgan fingerprint density at radius 1 is 1.25 bits per heavy atom. The Morgan fingerprint density at radius 3 is 2.60 bits per heavy atom. The SMILES string of the molecule is NC(Cc1cnc(C(N)Cc2ccccc2)[nH]1)C(=O)O. The van der Waals surface area contributed by atoms with Gasteiger partial charge in [-0.25, -0.2) is 4.98 Å². The standard InChI is InChI=1S/C14H18N4O2/c15-11(6-9-4-2-1-3-5-9)13-17-8-10(18-13)7-12(16)14(19)20/h1-5,8,11-12H,6-7,15-16H2,(H,17,18)(H,19,20). The number of carbonyl (C=O) groups is 1. The average Bonchev–Trinajstić information content (AvgIpc) is 2.88. The summed E-state index contributed by atoms with van der Waals surface area (Å²) in [5.41, 5.74) is 13.4. The van der Waals surface area contributed by atoms with E-state index in [-0.39, 0.29) is 12.5 Å². The highest BCUT2D eigenvalue weighted by Crippen LogP contribution is 2.13. The van der Waals surface area contributed by atoms with Crippen molar-refractivity contribution in [2.24, 2.45) is 11.5 Å². The Bertz CT molecular complexity index is 568. The zero-order chi connectivity index (χ0) is 14.5. The molecule has 0 fully saturated rings. The number of carboxylic acids is 1. The van der Waals surface area contributed by atoms with Gasteiger partial charge in [-0.15, -0.1) is 0 Å². The second-order valence-electron chi connectivity index (χ2n) is 4.74. The van der Waals surface area contributed by atoms with E-state index in [4.69, 9.17) is 16.6 Å². The molecule has 6 N–H and O–H groups in total. The van der Waals surface area contributed by atoms with Crippen LogP contribution in [0.25, 0.3) is 0 Å². The van der Waals surface area contributed by atoms with Crippen LogP contribution in [0.2, 0.25) is 0 Å². The first kappa shape index (κ1) is 14.2. The minimum absolute atomic E-state index is 0.209. The van der Waals surface area contributed by atoms with E-state index in [1.54, 1.807) is 6.20 Å². The lowest BCUT2D eigenvalue weighted by atomic mass is 10.1. The van der Waals surface area contributed by atoms with Crippen molar-refractivity contribution in [2.75, 3.05) is 0 Å². The van der Waals surface area contributed by atoms with E-state index >= 15 is 0 Å². The molecule has 2 rings (SSSR count). The predicted octanol–water partition coefficient (Wildman–Crippen LogP) is 0.607. The molecule has 0 spiro atoms. The van der Waals surface area contributed by atoms with E-state index in [0.717, 1.165) is 5.56 Å². The average molecular weight is 274 g/mol. The summed E-state index contributed by atoms with van der Waals surface area (Å²) in [5, 5.41) is 8.77. The molecule has 6 nitrogen and oxygen atoms in total. The maximum Gasteiger partial charge on any atom is 0.320 e. The van der Waals surface area contributed by atoms with Gasteiger partial charge in [-0.2, -0.15) is 0 Å². The van der Waals surface area contributed by atoms with Gasteiger partial charge < -0.3 is 21.6 Å². The molecule has 1 aromatic heterocycles. The topological polar surface area (TPSA) is 118 Å². The van der Waals surface area contributed by atoms with Gasteiger partial charge in [0.2, 0.25) is 0 Å². The maximum absolute atomic E-state index is 10.7. The fourth-order valence-corrected chi connectivity index (χ4v) is 1.96. The van der Waals surface area contributed by atoms with Crippen LogP contribution in [0, 0.1) is 0 Å². The van der Waals surface area contributed by atoms with Crippen molar-refractivity contribution < 1.29 is 9.90 Å². The zero-order valence-corrected chi connectivity index (χ0v) is 11.0. The van der Waals surface area contributed by atoms with Gasteiger partial charge in [0.1, 0.15) is 11.9 Å². The maximum atomic E-state index is 10.7. The van der Waals surface area contributed by atoms with Gasteiger partial charge in [0.05, 0.1) is 6.04 Å². The molecule has 0 radical (unpaired) electrons. The van der Waals surface area contributed by atoms with E-state index in [2.05, 4.69) is 9.97 Å². The van der Waals surface area contributed by atoms with Gasteiger partial charge in [0.15, 0.2) is 0 Å². The number of hydrogen-bond acceptors (Lipinski definition) is 4. The molecule has 0 bridgehead atoms. The highest BCUT2D eigenvalue weighted by molar-refractivity contribution is 5.73.